The molecule has 0 heterocycles. The zero-order valence-electron chi connectivity index (χ0n) is 7.59. The largest absolute Gasteiger partial charge is 0.300 e. The Hall–Kier alpha value is 0.154. The molecule has 0 N–H and O–H groups in total. The fourth-order valence-corrected chi connectivity index (χ4v) is 1.09. The minimum atomic E-state index is 0. The SMILES string of the molecule is CC[N+](C)(C)C1=CC=CC1.[Ti]. The Morgan fingerprint density at radius 1 is 1.45 bits per heavy atom. The molecule has 0 atom stereocenters. The minimum absolute atomic E-state index is 0. The molecular formula is C9H16NTi+. The van der Waals surface area contributed by atoms with Crippen LogP contribution in [0.2, 0.25) is 0 Å². The van der Waals surface area contributed by atoms with Crippen molar-refractivity contribution in [2.45, 2.75) is 13.3 Å². The van der Waals surface area contributed by atoms with Crippen molar-refractivity contribution >= 4 is 0 Å². The Morgan fingerprint density at radius 3 is 2.45 bits per heavy atom. The van der Waals surface area contributed by atoms with Crippen LogP contribution >= 0.6 is 0 Å². The van der Waals surface area contributed by atoms with Crippen LogP contribution < -0.4 is 0 Å². The summed E-state index contributed by atoms with van der Waals surface area (Å²) < 4.78 is 1.03. The third-order valence-corrected chi connectivity index (χ3v) is 2.32. The third-order valence-electron chi connectivity index (χ3n) is 2.32. The number of hydrogen-bond donors (Lipinski definition) is 0. The molecule has 0 radical (unpaired) electrons. The van der Waals surface area contributed by atoms with Crippen molar-refractivity contribution in [3.8, 4) is 0 Å². The fourth-order valence-electron chi connectivity index (χ4n) is 1.09. The first-order chi connectivity index (χ1) is 4.67. The van der Waals surface area contributed by atoms with Gasteiger partial charge in [0.1, 0.15) is 5.70 Å². The Labute approximate surface area is 84.2 Å². The molecule has 0 aromatic carbocycles. The molecule has 1 nitrogen and oxygen atoms in total. The predicted octanol–water partition coefficient (Wildman–Crippen LogP) is 1.92. The van der Waals surface area contributed by atoms with E-state index in [1.54, 1.807) is 0 Å². The average Bonchev–Trinajstić information content (AvgIpc) is 2.38. The normalized spacial score (nSPS) is 16.1. The van der Waals surface area contributed by atoms with Crippen LogP contribution in [0, 0.1) is 0 Å². The van der Waals surface area contributed by atoms with Crippen LogP contribution in [0.15, 0.2) is 23.9 Å². The first-order valence-electron chi connectivity index (χ1n) is 3.86. The maximum absolute atomic E-state index is 2.25. The van der Waals surface area contributed by atoms with Gasteiger partial charge in [0.25, 0.3) is 0 Å². The van der Waals surface area contributed by atoms with Crippen LogP contribution in [0.25, 0.3) is 0 Å². The first-order valence-corrected chi connectivity index (χ1v) is 3.86. The molecule has 0 aromatic rings. The molecule has 0 amide bonds. The zero-order valence-corrected chi connectivity index (χ0v) is 9.16. The fraction of sp³-hybridized carbons (Fsp3) is 0.556. The Bertz CT molecular complexity index is 180. The Kier molecular flexibility index (Phi) is 4.31. The molecule has 0 spiro atoms. The predicted molar refractivity (Wildman–Crippen MR) is 44.5 cm³/mol. The van der Waals surface area contributed by atoms with Gasteiger partial charge in [0.15, 0.2) is 0 Å². The second-order valence-corrected chi connectivity index (χ2v) is 3.29. The van der Waals surface area contributed by atoms with Gasteiger partial charge in [0, 0.05) is 28.1 Å². The summed E-state index contributed by atoms with van der Waals surface area (Å²) in [5.41, 5.74) is 1.52. The molecule has 0 bridgehead atoms. The summed E-state index contributed by atoms with van der Waals surface area (Å²) in [6.07, 6.45) is 7.72. The average molecular weight is 186 g/mol. The maximum Gasteiger partial charge on any atom is 0.112 e. The van der Waals surface area contributed by atoms with Gasteiger partial charge in [0.05, 0.1) is 20.6 Å². The third kappa shape index (κ3) is 2.59. The molecule has 0 unspecified atom stereocenters. The number of allylic oxidation sites excluding steroid dienone is 3. The zero-order chi connectivity index (χ0) is 7.61. The van der Waals surface area contributed by atoms with E-state index in [9.17, 15) is 0 Å². The molecule has 1 aliphatic rings. The van der Waals surface area contributed by atoms with Crippen LogP contribution in [0.5, 0.6) is 0 Å². The Balaban J connectivity index is 0.000001000. The van der Waals surface area contributed by atoms with Crippen molar-refractivity contribution in [1.82, 2.24) is 0 Å². The second kappa shape index (κ2) is 4.25. The maximum atomic E-state index is 2.25. The first kappa shape index (κ1) is 11.2. The van der Waals surface area contributed by atoms with Crippen molar-refractivity contribution in [2.24, 2.45) is 0 Å². The van der Waals surface area contributed by atoms with E-state index in [0.717, 1.165) is 10.9 Å². The summed E-state index contributed by atoms with van der Waals surface area (Å²) in [6.45, 7) is 3.40. The summed E-state index contributed by atoms with van der Waals surface area (Å²) in [5.74, 6) is 0. The van der Waals surface area contributed by atoms with Gasteiger partial charge in [-0.25, -0.2) is 0 Å². The summed E-state index contributed by atoms with van der Waals surface area (Å²) in [7, 11) is 4.50. The van der Waals surface area contributed by atoms with Gasteiger partial charge in [-0.2, -0.15) is 0 Å². The van der Waals surface area contributed by atoms with Gasteiger partial charge in [-0.3, -0.25) is 4.48 Å². The van der Waals surface area contributed by atoms with Gasteiger partial charge < -0.3 is 0 Å². The van der Waals surface area contributed by atoms with E-state index >= 15 is 0 Å². The van der Waals surface area contributed by atoms with Crippen LogP contribution in [0.4, 0.5) is 0 Å². The van der Waals surface area contributed by atoms with Gasteiger partial charge in [-0.1, -0.05) is 12.2 Å². The molecule has 0 aromatic heterocycles. The number of quaternary nitrogens is 1. The van der Waals surface area contributed by atoms with E-state index in [1.807, 2.05) is 0 Å². The second-order valence-electron chi connectivity index (χ2n) is 3.29. The van der Waals surface area contributed by atoms with Gasteiger partial charge in [-0.15, -0.1) is 0 Å². The van der Waals surface area contributed by atoms with E-state index in [-0.39, 0.29) is 21.7 Å². The van der Waals surface area contributed by atoms with Crippen molar-refractivity contribution in [3.63, 3.8) is 0 Å². The van der Waals surface area contributed by atoms with Crippen LogP contribution in [-0.2, 0) is 21.7 Å². The molecular weight excluding hydrogens is 170 g/mol. The van der Waals surface area contributed by atoms with Gasteiger partial charge >= 0.3 is 0 Å². The van der Waals surface area contributed by atoms with Gasteiger partial charge in [-0.05, 0) is 13.0 Å². The molecule has 1 rings (SSSR count). The van der Waals surface area contributed by atoms with E-state index in [2.05, 4.69) is 39.2 Å². The smallest absolute Gasteiger partial charge is 0.112 e. The van der Waals surface area contributed by atoms with Crippen LogP contribution in [-0.4, -0.2) is 25.1 Å². The summed E-state index contributed by atoms with van der Waals surface area (Å²) >= 11 is 0. The van der Waals surface area contributed by atoms with Crippen LogP contribution in [0.3, 0.4) is 0 Å². The topological polar surface area (TPSA) is 0 Å². The molecule has 60 valence electrons. The van der Waals surface area contributed by atoms with Gasteiger partial charge in [0.2, 0.25) is 0 Å². The molecule has 11 heavy (non-hydrogen) atoms. The quantitative estimate of drug-likeness (QED) is 0.456. The summed E-state index contributed by atoms with van der Waals surface area (Å²) in [4.78, 5) is 0. The van der Waals surface area contributed by atoms with E-state index < -0.39 is 0 Å². The van der Waals surface area contributed by atoms with Crippen molar-refractivity contribution < 1.29 is 26.2 Å². The van der Waals surface area contributed by atoms with E-state index in [4.69, 9.17) is 0 Å². The van der Waals surface area contributed by atoms with Crippen molar-refractivity contribution in [3.05, 3.63) is 23.9 Å². The molecule has 0 saturated carbocycles. The van der Waals surface area contributed by atoms with E-state index in [0.29, 0.717) is 0 Å². The number of hydrogen-bond acceptors (Lipinski definition) is 0. The Morgan fingerprint density at radius 2 is 2.09 bits per heavy atom. The molecule has 0 fully saturated rings. The number of nitrogens with zero attached hydrogens (tertiary/aromatic N) is 1. The summed E-state index contributed by atoms with van der Waals surface area (Å²) in [5, 5.41) is 0. The molecule has 2 heteroatoms. The number of rotatable bonds is 2. The van der Waals surface area contributed by atoms with Crippen molar-refractivity contribution in [1.29, 1.82) is 0 Å². The van der Waals surface area contributed by atoms with E-state index in [1.165, 1.54) is 12.2 Å². The molecule has 0 saturated heterocycles. The molecule has 0 aliphatic heterocycles. The van der Waals surface area contributed by atoms with Crippen molar-refractivity contribution in [2.75, 3.05) is 20.6 Å². The minimum Gasteiger partial charge on any atom is -0.300 e. The standard InChI is InChI=1S/C9H16N.Ti/c1-4-10(2,3)9-7-5-6-8-9;/h5-7H,4,8H2,1-3H3;/q+1;. The summed E-state index contributed by atoms with van der Waals surface area (Å²) in [6, 6.07) is 0. The monoisotopic (exact) mass is 186 g/mol. The van der Waals surface area contributed by atoms with Crippen LogP contribution in [0.1, 0.15) is 13.3 Å². The molecule has 1 aliphatic carbocycles.